The van der Waals surface area contributed by atoms with E-state index in [4.69, 9.17) is 16.3 Å². The number of pyridine rings is 2. The van der Waals surface area contributed by atoms with Gasteiger partial charge in [0.15, 0.2) is 6.10 Å². The summed E-state index contributed by atoms with van der Waals surface area (Å²) in [6.45, 7) is 1.53. The standard InChI is InChI=1S/C21H18ClN3O3/c1-12(20(26)25-18-10-9-13(22)11-23-18)28-21(27)19-14-5-2-3-7-16(14)24-17-8-4-6-15(17)19/h2-3,5,7,9-12H,4,6,8H2,1H3,(H,23,25,26). The maximum atomic E-state index is 13.0. The Bertz CT molecular complexity index is 1070. The van der Waals surface area contributed by atoms with Crippen molar-refractivity contribution in [3.8, 4) is 0 Å². The number of aromatic nitrogens is 2. The molecule has 1 unspecified atom stereocenters. The highest BCUT2D eigenvalue weighted by Crippen LogP contribution is 2.30. The number of benzene rings is 1. The first kappa shape index (κ1) is 18.4. The van der Waals surface area contributed by atoms with Crippen molar-refractivity contribution in [2.24, 2.45) is 0 Å². The topological polar surface area (TPSA) is 81.2 Å². The van der Waals surface area contributed by atoms with E-state index < -0.39 is 18.0 Å². The Hall–Kier alpha value is -2.99. The second-order valence-electron chi connectivity index (χ2n) is 6.68. The number of hydrogen-bond donors (Lipinski definition) is 1. The number of rotatable bonds is 4. The molecule has 0 fully saturated rings. The van der Waals surface area contributed by atoms with Crippen LogP contribution in [-0.2, 0) is 22.4 Å². The third-order valence-corrected chi connectivity index (χ3v) is 4.98. The molecule has 0 bridgehead atoms. The van der Waals surface area contributed by atoms with Gasteiger partial charge >= 0.3 is 5.97 Å². The molecule has 1 aliphatic carbocycles. The fraction of sp³-hybridized carbons (Fsp3) is 0.238. The number of ether oxygens (including phenoxy) is 1. The van der Waals surface area contributed by atoms with Crippen molar-refractivity contribution < 1.29 is 14.3 Å². The molecule has 4 rings (SSSR count). The fourth-order valence-electron chi connectivity index (χ4n) is 3.39. The van der Waals surface area contributed by atoms with Gasteiger partial charge in [-0.2, -0.15) is 0 Å². The van der Waals surface area contributed by atoms with Crippen LogP contribution in [0.15, 0.2) is 42.6 Å². The zero-order valence-corrected chi connectivity index (χ0v) is 16.0. The maximum Gasteiger partial charge on any atom is 0.339 e. The number of carbonyl (C=O) groups excluding carboxylic acids is 2. The van der Waals surface area contributed by atoms with Crippen LogP contribution in [0.25, 0.3) is 10.9 Å². The smallest absolute Gasteiger partial charge is 0.339 e. The number of esters is 1. The summed E-state index contributed by atoms with van der Waals surface area (Å²) in [4.78, 5) is 34.0. The molecule has 0 radical (unpaired) electrons. The Balaban J connectivity index is 1.57. The molecule has 7 heteroatoms. The first-order valence-corrected chi connectivity index (χ1v) is 9.44. The molecule has 2 aromatic heterocycles. The number of aryl methyl sites for hydroxylation is 1. The number of para-hydroxylation sites is 1. The summed E-state index contributed by atoms with van der Waals surface area (Å²) < 4.78 is 5.49. The van der Waals surface area contributed by atoms with E-state index >= 15 is 0 Å². The molecule has 2 heterocycles. The van der Waals surface area contributed by atoms with Crippen molar-refractivity contribution >= 4 is 40.2 Å². The summed E-state index contributed by atoms with van der Waals surface area (Å²) in [6.07, 6.45) is 3.04. The molecular formula is C21H18ClN3O3. The van der Waals surface area contributed by atoms with E-state index in [0.29, 0.717) is 16.4 Å². The number of fused-ring (bicyclic) bond motifs is 2. The summed E-state index contributed by atoms with van der Waals surface area (Å²) in [5.74, 6) is -0.630. The van der Waals surface area contributed by atoms with Crippen molar-refractivity contribution in [1.29, 1.82) is 0 Å². The second-order valence-corrected chi connectivity index (χ2v) is 7.12. The van der Waals surface area contributed by atoms with Crippen molar-refractivity contribution in [3.63, 3.8) is 0 Å². The largest absolute Gasteiger partial charge is 0.449 e. The van der Waals surface area contributed by atoms with Crippen LogP contribution in [0.4, 0.5) is 5.82 Å². The van der Waals surface area contributed by atoms with Gasteiger partial charge in [0.1, 0.15) is 5.82 Å². The van der Waals surface area contributed by atoms with Gasteiger partial charge in [-0.3, -0.25) is 9.78 Å². The Labute approximate surface area is 166 Å². The lowest BCUT2D eigenvalue weighted by molar-refractivity contribution is -0.123. The number of nitrogens with zero attached hydrogens (tertiary/aromatic N) is 2. The van der Waals surface area contributed by atoms with E-state index in [9.17, 15) is 9.59 Å². The predicted octanol–water partition coefficient (Wildman–Crippen LogP) is 3.96. The number of anilines is 1. The van der Waals surface area contributed by atoms with Gasteiger partial charge in [-0.05, 0) is 49.9 Å². The van der Waals surface area contributed by atoms with Gasteiger partial charge in [0, 0.05) is 17.3 Å². The molecule has 1 atom stereocenters. The van der Waals surface area contributed by atoms with Gasteiger partial charge in [-0.1, -0.05) is 29.8 Å². The van der Waals surface area contributed by atoms with Crippen LogP contribution in [0, 0.1) is 0 Å². The van der Waals surface area contributed by atoms with Crippen LogP contribution < -0.4 is 5.32 Å². The Morgan fingerprint density at radius 3 is 2.79 bits per heavy atom. The average Bonchev–Trinajstić information content (AvgIpc) is 3.15. The number of carbonyl (C=O) groups is 2. The van der Waals surface area contributed by atoms with Crippen molar-refractivity contribution in [2.75, 3.05) is 5.32 Å². The summed E-state index contributed by atoms with van der Waals surface area (Å²) in [5, 5.41) is 3.84. The molecule has 1 aromatic carbocycles. The fourth-order valence-corrected chi connectivity index (χ4v) is 3.51. The van der Waals surface area contributed by atoms with Gasteiger partial charge in [-0.25, -0.2) is 9.78 Å². The normalized spacial score (nSPS) is 13.8. The SMILES string of the molecule is CC(OC(=O)c1c2c(nc3ccccc13)CCC2)C(=O)Nc1ccc(Cl)cn1. The highest BCUT2D eigenvalue weighted by Gasteiger charge is 2.27. The lowest BCUT2D eigenvalue weighted by Crippen LogP contribution is -2.30. The second kappa shape index (κ2) is 7.56. The van der Waals surface area contributed by atoms with Crippen LogP contribution in [-0.4, -0.2) is 27.9 Å². The van der Waals surface area contributed by atoms with E-state index in [0.717, 1.165) is 41.4 Å². The number of amides is 1. The van der Waals surface area contributed by atoms with Gasteiger partial charge in [-0.15, -0.1) is 0 Å². The molecule has 1 amide bonds. The molecule has 0 saturated carbocycles. The van der Waals surface area contributed by atoms with Gasteiger partial charge in [0.2, 0.25) is 0 Å². The number of hydrogen-bond acceptors (Lipinski definition) is 5. The zero-order chi connectivity index (χ0) is 19.7. The lowest BCUT2D eigenvalue weighted by atomic mass is 10.0. The van der Waals surface area contributed by atoms with E-state index in [1.165, 1.54) is 13.1 Å². The quantitative estimate of drug-likeness (QED) is 0.676. The van der Waals surface area contributed by atoms with Crippen LogP contribution in [0.2, 0.25) is 5.02 Å². The van der Waals surface area contributed by atoms with Gasteiger partial charge in [0.05, 0.1) is 16.1 Å². The monoisotopic (exact) mass is 395 g/mol. The minimum Gasteiger partial charge on any atom is -0.449 e. The molecule has 0 aliphatic heterocycles. The van der Waals surface area contributed by atoms with E-state index in [1.54, 1.807) is 12.1 Å². The Morgan fingerprint density at radius 2 is 2.00 bits per heavy atom. The number of nitrogens with one attached hydrogen (secondary N) is 1. The first-order chi connectivity index (χ1) is 13.5. The van der Waals surface area contributed by atoms with Crippen LogP contribution in [0.1, 0.15) is 35.0 Å². The number of halogens is 1. The molecule has 0 saturated heterocycles. The summed E-state index contributed by atoms with van der Waals surface area (Å²) in [6, 6.07) is 10.7. The zero-order valence-electron chi connectivity index (χ0n) is 15.2. The molecule has 6 nitrogen and oxygen atoms in total. The molecule has 142 valence electrons. The third kappa shape index (κ3) is 3.55. The lowest BCUT2D eigenvalue weighted by Gasteiger charge is -2.16. The van der Waals surface area contributed by atoms with Crippen molar-refractivity contribution in [1.82, 2.24) is 9.97 Å². The van der Waals surface area contributed by atoms with E-state index in [-0.39, 0.29) is 0 Å². The van der Waals surface area contributed by atoms with Crippen molar-refractivity contribution in [2.45, 2.75) is 32.3 Å². The minimum atomic E-state index is -0.978. The molecule has 1 aliphatic rings. The minimum absolute atomic E-state index is 0.340. The summed E-state index contributed by atoms with van der Waals surface area (Å²) >= 11 is 5.79. The average molecular weight is 396 g/mol. The highest BCUT2D eigenvalue weighted by atomic mass is 35.5. The summed E-state index contributed by atoms with van der Waals surface area (Å²) in [5.41, 5.74) is 3.14. The van der Waals surface area contributed by atoms with Crippen molar-refractivity contribution in [3.05, 3.63) is 64.4 Å². The predicted molar refractivity (Wildman–Crippen MR) is 107 cm³/mol. The molecule has 0 spiro atoms. The Morgan fingerprint density at radius 1 is 1.18 bits per heavy atom. The Kier molecular flexibility index (Phi) is 4.96. The van der Waals surface area contributed by atoms with Gasteiger partial charge < -0.3 is 10.1 Å². The van der Waals surface area contributed by atoms with E-state index in [1.807, 2.05) is 24.3 Å². The van der Waals surface area contributed by atoms with Crippen LogP contribution in [0.5, 0.6) is 0 Å². The van der Waals surface area contributed by atoms with Crippen LogP contribution in [0.3, 0.4) is 0 Å². The van der Waals surface area contributed by atoms with Crippen LogP contribution >= 0.6 is 11.6 Å². The first-order valence-electron chi connectivity index (χ1n) is 9.07. The summed E-state index contributed by atoms with van der Waals surface area (Å²) in [7, 11) is 0. The molecular weight excluding hydrogens is 378 g/mol. The third-order valence-electron chi connectivity index (χ3n) is 4.76. The van der Waals surface area contributed by atoms with Gasteiger partial charge in [0.25, 0.3) is 5.91 Å². The maximum absolute atomic E-state index is 13.0. The molecule has 28 heavy (non-hydrogen) atoms. The molecule has 1 N–H and O–H groups in total. The molecule has 3 aromatic rings. The van der Waals surface area contributed by atoms with E-state index in [2.05, 4.69) is 15.3 Å². The highest BCUT2D eigenvalue weighted by molar-refractivity contribution is 6.30.